The van der Waals surface area contributed by atoms with Crippen molar-refractivity contribution < 1.29 is 23.4 Å². The Kier molecular flexibility index (Phi) is 4.61. The fourth-order valence-electron chi connectivity index (χ4n) is 1.17. The van der Waals surface area contributed by atoms with Gasteiger partial charge < -0.3 is 15.2 Å². The molecule has 0 unspecified atom stereocenters. The average molecular weight is 259 g/mol. The van der Waals surface area contributed by atoms with Crippen LogP contribution in [0.1, 0.15) is 13.8 Å². The highest BCUT2D eigenvalue weighted by Crippen LogP contribution is 2.15. The number of ether oxygens (including phenoxy) is 1. The molecule has 0 radical (unpaired) electrons. The number of hydrogen-bond donors (Lipinski definition) is 2. The van der Waals surface area contributed by atoms with Crippen LogP contribution >= 0.6 is 0 Å². The van der Waals surface area contributed by atoms with E-state index in [1.807, 2.05) is 0 Å². The zero-order valence-corrected chi connectivity index (χ0v) is 10.2. The number of carbonyl (C=O) groups excluding carboxylic acids is 1. The third-order valence-corrected chi connectivity index (χ3v) is 2.13. The predicted octanol–water partition coefficient (Wildman–Crippen LogP) is 1.23. The molecule has 100 valence electrons. The Balaban J connectivity index is 2.50. The highest BCUT2D eigenvalue weighted by Gasteiger charge is 2.19. The van der Waals surface area contributed by atoms with Crippen molar-refractivity contribution in [3.8, 4) is 5.75 Å². The molecule has 0 bridgehead atoms. The van der Waals surface area contributed by atoms with E-state index < -0.39 is 23.1 Å². The van der Waals surface area contributed by atoms with Gasteiger partial charge in [0, 0.05) is 6.07 Å². The monoisotopic (exact) mass is 259 g/mol. The molecule has 18 heavy (non-hydrogen) atoms. The first-order valence-electron chi connectivity index (χ1n) is 5.34. The Morgan fingerprint density at radius 1 is 1.39 bits per heavy atom. The highest BCUT2D eigenvalue weighted by atomic mass is 19.2. The van der Waals surface area contributed by atoms with Crippen molar-refractivity contribution in [2.45, 2.75) is 19.4 Å². The Morgan fingerprint density at radius 3 is 2.61 bits per heavy atom. The number of hydrogen-bond acceptors (Lipinski definition) is 3. The molecule has 1 aromatic carbocycles. The van der Waals surface area contributed by atoms with Crippen molar-refractivity contribution >= 4 is 5.91 Å². The summed E-state index contributed by atoms with van der Waals surface area (Å²) in [5.74, 6) is -2.42. The van der Waals surface area contributed by atoms with Gasteiger partial charge in [-0.05, 0) is 26.0 Å². The quantitative estimate of drug-likeness (QED) is 0.836. The van der Waals surface area contributed by atoms with Crippen molar-refractivity contribution in [2.75, 3.05) is 13.2 Å². The van der Waals surface area contributed by atoms with E-state index in [-0.39, 0.29) is 19.0 Å². The van der Waals surface area contributed by atoms with Crippen molar-refractivity contribution in [3.63, 3.8) is 0 Å². The molecule has 0 aliphatic rings. The smallest absolute Gasteiger partial charge is 0.258 e. The summed E-state index contributed by atoms with van der Waals surface area (Å²) in [5, 5.41) is 11.5. The minimum Gasteiger partial charge on any atom is -0.484 e. The van der Waals surface area contributed by atoms with Crippen LogP contribution in [-0.2, 0) is 4.79 Å². The summed E-state index contributed by atoms with van der Waals surface area (Å²) in [6.45, 7) is 2.73. The normalized spacial score (nSPS) is 11.2. The molecular weight excluding hydrogens is 244 g/mol. The summed E-state index contributed by atoms with van der Waals surface area (Å²) in [5.41, 5.74) is -0.755. The van der Waals surface area contributed by atoms with Crippen molar-refractivity contribution in [1.29, 1.82) is 0 Å². The molecule has 0 spiro atoms. The Hall–Kier alpha value is -1.69. The lowest BCUT2D eigenvalue weighted by Gasteiger charge is -2.23. The van der Waals surface area contributed by atoms with Crippen LogP contribution in [0.2, 0.25) is 0 Å². The number of amides is 1. The van der Waals surface area contributed by atoms with Crippen molar-refractivity contribution in [3.05, 3.63) is 29.8 Å². The SMILES string of the molecule is CC(C)(CO)NC(=O)COc1ccc(F)c(F)c1. The van der Waals surface area contributed by atoms with E-state index in [0.29, 0.717) is 0 Å². The Morgan fingerprint density at radius 2 is 2.06 bits per heavy atom. The third kappa shape index (κ3) is 4.29. The fourth-order valence-corrected chi connectivity index (χ4v) is 1.17. The van der Waals surface area contributed by atoms with Crippen LogP contribution in [0.3, 0.4) is 0 Å². The van der Waals surface area contributed by atoms with Crippen molar-refractivity contribution in [1.82, 2.24) is 5.32 Å². The molecule has 1 amide bonds. The summed E-state index contributed by atoms with van der Waals surface area (Å²) in [6, 6.07) is 3.00. The molecule has 4 nitrogen and oxygen atoms in total. The lowest BCUT2D eigenvalue weighted by molar-refractivity contribution is -0.125. The van der Waals surface area contributed by atoms with Gasteiger partial charge in [-0.15, -0.1) is 0 Å². The van der Waals surface area contributed by atoms with Crippen LogP contribution in [0.5, 0.6) is 5.75 Å². The van der Waals surface area contributed by atoms with E-state index in [1.165, 1.54) is 6.07 Å². The predicted molar refractivity (Wildman–Crippen MR) is 61.2 cm³/mol. The van der Waals surface area contributed by atoms with Crippen molar-refractivity contribution in [2.24, 2.45) is 0 Å². The fraction of sp³-hybridized carbons (Fsp3) is 0.417. The summed E-state index contributed by atoms with van der Waals surface area (Å²) in [6.07, 6.45) is 0. The molecule has 0 fully saturated rings. The maximum Gasteiger partial charge on any atom is 0.258 e. The van der Waals surface area contributed by atoms with E-state index >= 15 is 0 Å². The molecule has 0 atom stereocenters. The van der Waals surface area contributed by atoms with Crippen LogP contribution in [-0.4, -0.2) is 29.8 Å². The van der Waals surface area contributed by atoms with Gasteiger partial charge in [-0.2, -0.15) is 0 Å². The largest absolute Gasteiger partial charge is 0.484 e. The van der Waals surface area contributed by atoms with Gasteiger partial charge in [0.25, 0.3) is 5.91 Å². The van der Waals surface area contributed by atoms with Gasteiger partial charge in [0.05, 0.1) is 12.1 Å². The second-order valence-corrected chi connectivity index (χ2v) is 4.45. The zero-order valence-electron chi connectivity index (χ0n) is 10.2. The van der Waals surface area contributed by atoms with Gasteiger partial charge >= 0.3 is 0 Å². The van der Waals surface area contributed by atoms with Gasteiger partial charge in [-0.3, -0.25) is 4.79 Å². The molecule has 1 rings (SSSR count). The van der Waals surface area contributed by atoms with E-state index in [1.54, 1.807) is 13.8 Å². The minimum atomic E-state index is -1.04. The molecule has 6 heteroatoms. The van der Waals surface area contributed by atoms with Crippen LogP contribution in [0.4, 0.5) is 8.78 Å². The lowest BCUT2D eigenvalue weighted by atomic mass is 10.1. The average Bonchev–Trinajstić information content (AvgIpc) is 2.30. The Bertz CT molecular complexity index is 435. The molecule has 0 aliphatic heterocycles. The number of carbonyl (C=O) groups is 1. The first kappa shape index (κ1) is 14.4. The third-order valence-electron chi connectivity index (χ3n) is 2.13. The van der Waals surface area contributed by atoms with Gasteiger partial charge in [0.1, 0.15) is 5.75 Å². The summed E-state index contributed by atoms with van der Waals surface area (Å²) < 4.78 is 30.5. The summed E-state index contributed by atoms with van der Waals surface area (Å²) >= 11 is 0. The van der Waals surface area contributed by atoms with Crippen LogP contribution in [0.25, 0.3) is 0 Å². The molecule has 2 N–H and O–H groups in total. The molecule has 1 aromatic rings. The van der Waals surface area contributed by atoms with E-state index in [4.69, 9.17) is 9.84 Å². The van der Waals surface area contributed by atoms with Crippen LogP contribution < -0.4 is 10.1 Å². The standard InChI is InChI=1S/C12H15F2NO3/c1-12(2,7-16)15-11(17)6-18-8-3-4-9(13)10(14)5-8/h3-5,16H,6-7H2,1-2H3,(H,15,17). The van der Waals surface area contributed by atoms with E-state index in [9.17, 15) is 13.6 Å². The van der Waals surface area contributed by atoms with Gasteiger partial charge in [-0.1, -0.05) is 0 Å². The molecule has 0 saturated heterocycles. The molecule has 0 aromatic heterocycles. The first-order chi connectivity index (χ1) is 8.34. The first-order valence-corrected chi connectivity index (χ1v) is 5.34. The molecule has 0 aliphatic carbocycles. The Labute approximate surface area is 104 Å². The number of aliphatic hydroxyl groups excluding tert-OH is 1. The topological polar surface area (TPSA) is 58.6 Å². The van der Waals surface area contributed by atoms with E-state index in [0.717, 1.165) is 12.1 Å². The van der Waals surface area contributed by atoms with Gasteiger partial charge in [0.15, 0.2) is 18.2 Å². The summed E-state index contributed by atoms with van der Waals surface area (Å²) in [7, 11) is 0. The molecular formula is C12H15F2NO3. The summed E-state index contributed by atoms with van der Waals surface area (Å²) in [4.78, 5) is 11.4. The second kappa shape index (κ2) is 5.77. The maximum atomic E-state index is 12.8. The lowest BCUT2D eigenvalue weighted by Crippen LogP contribution is -2.48. The van der Waals surface area contributed by atoms with Crippen LogP contribution in [0, 0.1) is 11.6 Å². The number of halogens is 2. The second-order valence-electron chi connectivity index (χ2n) is 4.45. The zero-order chi connectivity index (χ0) is 13.8. The van der Waals surface area contributed by atoms with E-state index in [2.05, 4.69) is 5.32 Å². The maximum absolute atomic E-state index is 12.8. The van der Waals surface area contributed by atoms with Gasteiger partial charge in [-0.25, -0.2) is 8.78 Å². The molecule has 0 saturated carbocycles. The van der Waals surface area contributed by atoms with Gasteiger partial charge in [0.2, 0.25) is 0 Å². The van der Waals surface area contributed by atoms with Crippen LogP contribution in [0.15, 0.2) is 18.2 Å². The molecule has 0 heterocycles. The number of rotatable bonds is 5. The minimum absolute atomic E-state index is 0.0610. The number of nitrogens with one attached hydrogen (secondary N) is 1. The highest BCUT2D eigenvalue weighted by molar-refractivity contribution is 5.78. The number of benzene rings is 1. The number of aliphatic hydroxyl groups is 1.